The molecule has 0 saturated carbocycles. The number of rotatable bonds is 18. The summed E-state index contributed by atoms with van der Waals surface area (Å²) >= 11 is 0.602. The summed E-state index contributed by atoms with van der Waals surface area (Å²) in [6.45, 7) is 0.0141. The highest BCUT2D eigenvalue weighted by Gasteiger charge is 2.19. The van der Waals surface area contributed by atoms with E-state index in [2.05, 4.69) is 35.1 Å². The Bertz CT molecular complexity index is 2460. The Balaban J connectivity index is 1.15. The molecule has 0 aliphatic carbocycles. The highest BCUT2D eigenvalue weighted by molar-refractivity contribution is 7.94. The largest absolute Gasteiger partial charge is 0.507 e. The monoisotopic (exact) mass is 795 g/mol. The maximum atomic E-state index is 11.5. The molecule has 17 nitrogen and oxygen atoms in total. The molecule has 0 heterocycles. The van der Waals surface area contributed by atoms with Gasteiger partial charge in [-0.2, -0.15) is 0 Å². The summed E-state index contributed by atoms with van der Waals surface area (Å²) in [4.78, 5) is 11.7. The lowest BCUT2D eigenvalue weighted by atomic mass is 10.1. The number of nitrogens with one attached hydrogen (secondary N) is 1. The van der Waals surface area contributed by atoms with Gasteiger partial charge in [-0.05, 0) is 71.6 Å². The van der Waals surface area contributed by atoms with Crippen molar-refractivity contribution in [1.29, 1.82) is 0 Å². The van der Waals surface area contributed by atoms with Crippen LogP contribution in [0.5, 0.6) is 23.0 Å². The van der Waals surface area contributed by atoms with Gasteiger partial charge in [0.05, 0.1) is 41.7 Å². The predicted molar refractivity (Wildman–Crippen MR) is 209 cm³/mol. The van der Waals surface area contributed by atoms with Crippen LogP contribution in [0.2, 0.25) is 0 Å². The SMILES string of the molecule is COc1ccc(C=COCOCOCNc2ccc3cc(SOOO)c(/N=N/c4ccc(/N=N/c5ccc(O)c(C(=O)O)c5O)c5ccccc45)c(O)c3c2)cc1. The molecular formula is C39H33N5O12S. The summed E-state index contributed by atoms with van der Waals surface area (Å²) in [5, 5.41) is 75.9. The fraction of sp³-hybridized carbons (Fsp3) is 0.103. The molecular weight excluding hydrogens is 763 g/mol. The van der Waals surface area contributed by atoms with Crippen LogP contribution < -0.4 is 10.1 Å². The van der Waals surface area contributed by atoms with Crippen LogP contribution in [0.25, 0.3) is 27.6 Å². The molecule has 0 saturated heterocycles. The van der Waals surface area contributed by atoms with Crippen molar-refractivity contribution in [2.75, 3.05) is 32.7 Å². The number of aromatic hydroxyl groups is 3. The quantitative estimate of drug-likeness (QED) is 0.00903. The van der Waals surface area contributed by atoms with Gasteiger partial charge in [-0.15, -0.1) is 24.8 Å². The lowest BCUT2D eigenvalue weighted by molar-refractivity contribution is -0.432. The molecule has 18 heteroatoms. The number of azo groups is 2. The number of benzene rings is 6. The van der Waals surface area contributed by atoms with Gasteiger partial charge in [-0.1, -0.05) is 47.5 Å². The fourth-order valence-electron chi connectivity index (χ4n) is 5.38. The van der Waals surface area contributed by atoms with Crippen molar-refractivity contribution in [3.8, 4) is 23.0 Å². The van der Waals surface area contributed by atoms with Crippen molar-refractivity contribution in [2.45, 2.75) is 4.90 Å². The van der Waals surface area contributed by atoms with E-state index in [0.29, 0.717) is 50.6 Å². The van der Waals surface area contributed by atoms with E-state index in [1.807, 2.05) is 24.3 Å². The average molecular weight is 796 g/mol. The molecule has 0 atom stereocenters. The molecule has 6 aromatic rings. The Morgan fingerprint density at radius 3 is 2.18 bits per heavy atom. The van der Waals surface area contributed by atoms with Gasteiger partial charge in [0.2, 0.25) is 0 Å². The number of fused-ring (bicyclic) bond motifs is 2. The topological polar surface area (TPSA) is 235 Å². The van der Waals surface area contributed by atoms with E-state index in [9.17, 15) is 25.2 Å². The van der Waals surface area contributed by atoms with Crippen LogP contribution >= 0.6 is 12.0 Å². The van der Waals surface area contributed by atoms with Crippen LogP contribution in [-0.4, -0.2) is 59.1 Å². The van der Waals surface area contributed by atoms with Crippen LogP contribution in [0, 0.1) is 0 Å². The number of hydrogen-bond donors (Lipinski definition) is 6. The Morgan fingerprint density at radius 1 is 0.772 bits per heavy atom. The molecule has 0 aromatic heterocycles. The number of phenols is 3. The molecule has 0 bridgehead atoms. The zero-order valence-corrected chi connectivity index (χ0v) is 30.6. The molecule has 0 unspecified atom stereocenters. The lowest BCUT2D eigenvalue weighted by Crippen LogP contribution is -2.09. The minimum absolute atomic E-state index is 0.0114. The van der Waals surface area contributed by atoms with Crippen LogP contribution in [0.1, 0.15) is 15.9 Å². The molecule has 0 radical (unpaired) electrons. The van der Waals surface area contributed by atoms with E-state index in [1.165, 1.54) is 12.3 Å². The molecule has 57 heavy (non-hydrogen) atoms. The zero-order valence-electron chi connectivity index (χ0n) is 29.8. The standard InChI is InChI=1S/C39H33N5O12S/c1-51-26-10-6-23(7-11-26)16-17-52-21-54-22-53-20-40-25-9-8-24-18-34(57-56-55-50)36(37(46)29(24)19-25)44-42-31-13-12-30(27-4-2-3-5-28(27)31)41-43-32-14-15-33(45)35(38(32)47)39(48)49/h2-19,40,45-47,50H,20-22H2,1H3,(H,48,49)/b17-16?,43-41+,44-42+. The third kappa shape index (κ3) is 9.90. The van der Waals surface area contributed by atoms with E-state index in [0.717, 1.165) is 17.4 Å². The van der Waals surface area contributed by atoms with Gasteiger partial charge in [-0.3, -0.25) is 0 Å². The Hall–Kier alpha value is -6.80. The third-order valence-electron chi connectivity index (χ3n) is 8.13. The fourth-order valence-corrected chi connectivity index (χ4v) is 5.87. The van der Waals surface area contributed by atoms with Crippen LogP contribution in [-0.2, 0) is 23.6 Å². The number of hydrogen-bond acceptors (Lipinski definition) is 17. The van der Waals surface area contributed by atoms with Crippen LogP contribution in [0.4, 0.5) is 28.4 Å². The van der Waals surface area contributed by atoms with E-state index < -0.39 is 23.0 Å². The van der Waals surface area contributed by atoms with E-state index in [1.54, 1.807) is 73.8 Å². The first kappa shape index (κ1) is 39.9. The van der Waals surface area contributed by atoms with Crippen molar-refractivity contribution in [3.05, 3.63) is 114 Å². The van der Waals surface area contributed by atoms with Gasteiger partial charge in [0.1, 0.15) is 35.2 Å². The zero-order chi connectivity index (χ0) is 40.1. The average Bonchev–Trinajstić information content (AvgIpc) is 3.22. The van der Waals surface area contributed by atoms with Crippen molar-refractivity contribution in [3.63, 3.8) is 0 Å². The number of carboxylic acid groups (broad SMARTS) is 1. The van der Waals surface area contributed by atoms with Crippen molar-refractivity contribution in [1.82, 2.24) is 0 Å². The van der Waals surface area contributed by atoms with Gasteiger partial charge in [0.25, 0.3) is 0 Å². The smallest absolute Gasteiger partial charge is 0.343 e. The highest BCUT2D eigenvalue weighted by atomic mass is 32.2. The van der Waals surface area contributed by atoms with Crippen LogP contribution in [0.3, 0.4) is 0 Å². The first-order valence-electron chi connectivity index (χ1n) is 16.7. The molecule has 6 rings (SSSR count). The number of anilines is 1. The Labute approximate surface area is 327 Å². The maximum absolute atomic E-state index is 11.5. The number of phenolic OH excluding ortho intramolecular Hbond substituents is 1. The number of aromatic carboxylic acids is 1. The molecule has 6 N–H and O–H groups in total. The Kier molecular flexibility index (Phi) is 13.4. The number of carbonyl (C=O) groups is 1. The van der Waals surface area contributed by atoms with Gasteiger partial charge in [0, 0.05) is 21.8 Å². The highest BCUT2D eigenvalue weighted by Crippen LogP contribution is 2.45. The molecule has 0 amide bonds. The normalized spacial score (nSPS) is 11.7. The first-order valence-corrected chi connectivity index (χ1v) is 17.4. The third-order valence-corrected chi connectivity index (χ3v) is 8.75. The molecule has 6 aromatic carbocycles. The number of carboxylic acids is 1. The molecule has 0 fully saturated rings. The molecule has 0 spiro atoms. The second kappa shape index (κ2) is 19.2. The maximum Gasteiger partial charge on any atom is 0.343 e. The molecule has 0 aliphatic heterocycles. The summed E-state index contributed by atoms with van der Waals surface area (Å²) in [7, 11) is 1.61. The summed E-state index contributed by atoms with van der Waals surface area (Å²) in [6, 6.07) is 26.9. The summed E-state index contributed by atoms with van der Waals surface area (Å²) in [5.74, 6) is -2.36. The summed E-state index contributed by atoms with van der Waals surface area (Å²) < 4.78 is 26.0. The first-order chi connectivity index (χ1) is 27.8. The number of nitrogens with zero attached hydrogens (tertiary/aromatic N) is 4. The second-order valence-corrected chi connectivity index (χ2v) is 12.4. The van der Waals surface area contributed by atoms with Crippen molar-refractivity contribution in [2.24, 2.45) is 20.5 Å². The van der Waals surface area contributed by atoms with Gasteiger partial charge < -0.3 is 44.7 Å². The van der Waals surface area contributed by atoms with Crippen LogP contribution in [0.15, 0.2) is 129 Å². The summed E-state index contributed by atoms with van der Waals surface area (Å²) in [6.07, 6.45) is 3.31. The van der Waals surface area contributed by atoms with Gasteiger partial charge in [-0.25, -0.2) is 10.1 Å². The number of methoxy groups -OCH3 is 1. The molecule has 292 valence electrons. The van der Waals surface area contributed by atoms with Gasteiger partial charge >= 0.3 is 5.97 Å². The van der Waals surface area contributed by atoms with Crippen molar-refractivity contribution >= 4 is 74.1 Å². The second-order valence-electron chi connectivity index (χ2n) is 11.6. The van der Waals surface area contributed by atoms with E-state index in [-0.39, 0.29) is 42.3 Å². The minimum atomic E-state index is -1.53. The lowest BCUT2D eigenvalue weighted by Gasteiger charge is -2.12. The minimum Gasteiger partial charge on any atom is -0.507 e. The Morgan fingerprint density at radius 2 is 1.47 bits per heavy atom. The van der Waals surface area contributed by atoms with Gasteiger partial charge in [0.15, 0.2) is 25.1 Å². The number of ether oxygens (including phenoxy) is 4. The molecule has 0 aliphatic rings. The van der Waals surface area contributed by atoms with Crippen molar-refractivity contribution < 1.29 is 58.8 Å². The van der Waals surface area contributed by atoms with E-state index in [4.69, 9.17) is 24.2 Å². The predicted octanol–water partition coefficient (Wildman–Crippen LogP) is 10.1. The van der Waals surface area contributed by atoms with E-state index >= 15 is 0 Å². The summed E-state index contributed by atoms with van der Waals surface area (Å²) in [5.41, 5.74) is 1.44.